The maximum Gasteiger partial charge on any atom is 0.0897 e. The normalized spacial score (nSPS) is 36.8. The molecule has 5 heteroatoms. The molecule has 2 aliphatic rings. The molecule has 19 heavy (non-hydrogen) atoms. The molecule has 2 rings (SSSR count). The average Bonchev–Trinajstić information content (AvgIpc) is 2.99. The van der Waals surface area contributed by atoms with Crippen LogP contribution in [0.5, 0.6) is 0 Å². The van der Waals surface area contributed by atoms with E-state index in [-0.39, 0.29) is 17.7 Å². The topological polar surface area (TPSA) is 60.0 Å². The van der Waals surface area contributed by atoms with Crippen LogP contribution in [-0.4, -0.2) is 61.9 Å². The molecular weight excluding hydrogens is 246 g/mol. The zero-order chi connectivity index (χ0) is 13.7. The Kier molecular flexibility index (Phi) is 5.59. The summed E-state index contributed by atoms with van der Waals surface area (Å²) in [7, 11) is 0. The van der Waals surface area contributed by atoms with Crippen LogP contribution >= 0.6 is 0 Å². The Morgan fingerprint density at radius 2 is 2.26 bits per heavy atom. The van der Waals surface area contributed by atoms with Gasteiger partial charge < -0.3 is 24.6 Å². The molecule has 0 aromatic carbocycles. The average molecular weight is 273 g/mol. The zero-order valence-electron chi connectivity index (χ0n) is 12.1. The molecule has 0 spiro atoms. The molecule has 2 N–H and O–H groups in total. The van der Waals surface area contributed by atoms with Crippen molar-refractivity contribution < 1.29 is 19.3 Å². The van der Waals surface area contributed by atoms with Gasteiger partial charge in [0, 0.05) is 25.3 Å². The van der Waals surface area contributed by atoms with Crippen molar-refractivity contribution in [3.8, 4) is 0 Å². The van der Waals surface area contributed by atoms with Gasteiger partial charge in [0.05, 0.1) is 31.5 Å². The van der Waals surface area contributed by atoms with Gasteiger partial charge in [-0.15, -0.1) is 0 Å². The number of ether oxygens (including phenoxy) is 3. The monoisotopic (exact) mass is 273 g/mol. The fraction of sp³-hybridized carbons (Fsp3) is 1.00. The van der Waals surface area contributed by atoms with Crippen molar-refractivity contribution in [2.45, 2.75) is 57.0 Å². The maximum absolute atomic E-state index is 9.92. The van der Waals surface area contributed by atoms with Gasteiger partial charge in [-0.2, -0.15) is 0 Å². The molecule has 4 unspecified atom stereocenters. The van der Waals surface area contributed by atoms with Crippen molar-refractivity contribution in [1.82, 2.24) is 5.32 Å². The van der Waals surface area contributed by atoms with Crippen LogP contribution < -0.4 is 5.32 Å². The van der Waals surface area contributed by atoms with Crippen molar-refractivity contribution >= 4 is 0 Å². The van der Waals surface area contributed by atoms with E-state index in [1.165, 1.54) is 0 Å². The third-order valence-electron chi connectivity index (χ3n) is 4.27. The lowest BCUT2D eigenvalue weighted by molar-refractivity contribution is -0.0190. The van der Waals surface area contributed by atoms with Gasteiger partial charge >= 0.3 is 0 Å². The highest BCUT2D eigenvalue weighted by atomic mass is 16.5. The third-order valence-corrected chi connectivity index (χ3v) is 4.27. The van der Waals surface area contributed by atoms with Crippen molar-refractivity contribution in [2.75, 3.05) is 33.0 Å². The number of aliphatic hydroxyl groups is 1. The molecule has 0 amide bonds. The Morgan fingerprint density at radius 1 is 1.42 bits per heavy atom. The molecule has 2 fully saturated rings. The molecule has 0 aromatic heterocycles. The molecule has 2 saturated heterocycles. The number of hydrogen-bond acceptors (Lipinski definition) is 5. The van der Waals surface area contributed by atoms with Gasteiger partial charge in [0.2, 0.25) is 0 Å². The van der Waals surface area contributed by atoms with E-state index in [2.05, 4.69) is 19.2 Å². The molecule has 0 aliphatic carbocycles. The lowest BCUT2D eigenvalue weighted by atomic mass is 9.94. The van der Waals surface area contributed by atoms with Crippen molar-refractivity contribution in [3.05, 3.63) is 0 Å². The van der Waals surface area contributed by atoms with Crippen LogP contribution in [0.2, 0.25) is 0 Å². The highest BCUT2D eigenvalue weighted by Crippen LogP contribution is 2.24. The summed E-state index contributed by atoms with van der Waals surface area (Å²) in [6, 6.07) is 0. The Hall–Kier alpha value is -0.200. The van der Waals surface area contributed by atoms with Gasteiger partial charge in [0.25, 0.3) is 0 Å². The Balaban J connectivity index is 1.57. The second-order valence-corrected chi connectivity index (χ2v) is 5.89. The van der Waals surface area contributed by atoms with E-state index in [9.17, 15) is 5.11 Å². The minimum Gasteiger partial charge on any atom is -0.389 e. The van der Waals surface area contributed by atoms with Crippen LogP contribution in [-0.2, 0) is 14.2 Å². The van der Waals surface area contributed by atoms with E-state index >= 15 is 0 Å². The fourth-order valence-corrected chi connectivity index (χ4v) is 2.59. The van der Waals surface area contributed by atoms with Crippen molar-refractivity contribution in [3.63, 3.8) is 0 Å². The molecule has 112 valence electrons. The fourth-order valence-electron chi connectivity index (χ4n) is 2.59. The number of nitrogens with one attached hydrogen (secondary N) is 1. The minimum absolute atomic E-state index is 0.0322. The summed E-state index contributed by atoms with van der Waals surface area (Å²) in [5.41, 5.74) is -0.0322. The molecule has 0 aromatic rings. The first-order valence-electron chi connectivity index (χ1n) is 7.34. The first kappa shape index (κ1) is 15.2. The summed E-state index contributed by atoms with van der Waals surface area (Å²) in [6.07, 6.45) is 3.10. The van der Waals surface area contributed by atoms with Crippen LogP contribution in [0.4, 0.5) is 0 Å². The van der Waals surface area contributed by atoms with E-state index < -0.39 is 6.10 Å². The van der Waals surface area contributed by atoms with Gasteiger partial charge in [0.1, 0.15) is 0 Å². The van der Waals surface area contributed by atoms with E-state index in [0.717, 1.165) is 32.5 Å². The summed E-state index contributed by atoms with van der Waals surface area (Å²) in [5.74, 6) is 0. The Bertz CT molecular complexity index is 270. The summed E-state index contributed by atoms with van der Waals surface area (Å²) >= 11 is 0. The second kappa shape index (κ2) is 6.99. The van der Waals surface area contributed by atoms with Crippen LogP contribution in [0.3, 0.4) is 0 Å². The molecule has 2 aliphatic heterocycles. The standard InChI is InChI=1S/C14H27NO4/c1-11-14(2,5-7-18-11)15-8-12(16)9-17-10-13-4-3-6-19-13/h11-13,15-16H,3-10H2,1-2H3. The number of β-amino-alcohol motifs (C(OH)–C–C–N with tert-alkyl or cyclic N) is 1. The van der Waals surface area contributed by atoms with Gasteiger partial charge in [-0.05, 0) is 33.1 Å². The van der Waals surface area contributed by atoms with E-state index in [4.69, 9.17) is 14.2 Å². The largest absolute Gasteiger partial charge is 0.389 e. The molecule has 2 heterocycles. The first-order valence-corrected chi connectivity index (χ1v) is 7.34. The summed E-state index contributed by atoms with van der Waals surface area (Å²) in [6.45, 7) is 7.33. The number of hydrogen-bond donors (Lipinski definition) is 2. The first-order chi connectivity index (χ1) is 9.10. The van der Waals surface area contributed by atoms with Gasteiger partial charge in [-0.25, -0.2) is 0 Å². The van der Waals surface area contributed by atoms with Gasteiger partial charge in [-0.3, -0.25) is 0 Å². The molecule has 0 radical (unpaired) electrons. The highest BCUT2D eigenvalue weighted by molar-refractivity contribution is 4.93. The predicted molar refractivity (Wildman–Crippen MR) is 72.2 cm³/mol. The van der Waals surface area contributed by atoms with Gasteiger partial charge in [-0.1, -0.05) is 0 Å². The highest BCUT2D eigenvalue weighted by Gasteiger charge is 2.36. The molecule has 0 bridgehead atoms. The quantitative estimate of drug-likeness (QED) is 0.715. The second-order valence-electron chi connectivity index (χ2n) is 5.89. The molecule has 4 atom stereocenters. The number of aliphatic hydroxyl groups excluding tert-OH is 1. The van der Waals surface area contributed by atoms with Gasteiger partial charge in [0.15, 0.2) is 0 Å². The van der Waals surface area contributed by atoms with Crippen LogP contribution in [0, 0.1) is 0 Å². The maximum atomic E-state index is 9.92. The predicted octanol–water partition coefficient (Wildman–Crippen LogP) is 0.700. The van der Waals surface area contributed by atoms with E-state index in [1.807, 2.05) is 0 Å². The summed E-state index contributed by atoms with van der Waals surface area (Å²) in [4.78, 5) is 0. The van der Waals surface area contributed by atoms with Crippen molar-refractivity contribution in [2.24, 2.45) is 0 Å². The van der Waals surface area contributed by atoms with Crippen LogP contribution in [0.25, 0.3) is 0 Å². The summed E-state index contributed by atoms with van der Waals surface area (Å²) in [5, 5.41) is 13.3. The lowest BCUT2D eigenvalue weighted by Crippen LogP contribution is -2.51. The molecule has 0 saturated carbocycles. The molecule has 5 nitrogen and oxygen atoms in total. The lowest BCUT2D eigenvalue weighted by Gasteiger charge is -2.30. The minimum atomic E-state index is -0.481. The Labute approximate surface area is 115 Å². The van der Waals surface area contributed by atoms with Crippen LogP contribution in [0.15, 0.2) is 0 Å². The summed E-state index contributed by atoms with van der Waals surface area (Å²) < 4.78 is 16.5. The van der Waals surface area contributed by atoms with E-state index in [1.54, 1.807) is 0 Å². The smallest absolute Gasteiger partial charge is 0.0897 e. The Morgan fingerprint density at radius 3 is 2.89 bits per heavy atom. The molecular formula is C14H27NO4. The van der Waals surface area contributed by atoms with Crippen molar-refractivity contribution in [1.29, 1.82) is 0 Å². The zero-order valence-corrected chi connectivity index (χ0v) is 12.1. The van der Waals surface area contributed by atoms with E-state index in [0.29, 0.717) is 19.8 Å². The van der Waals surface area contributed by atoms with Crippen LogP contribution in [0.1, 0.15) is 33.1 Å². The SMILES string of the molecule is CC1OCCC1(C)NCC(O)COCC1CCCO1. The third kappa shape index (κ3) is 4.39. The number of rotatable bonds is 7.